The molecule has 1 aliphatic rings. The van der Waals surface area contributed by atoms with E-state index in [0.717, 1.165) is 5.56 Å². The van der Waals surface area contributed by atoms with Gasteiger partial charge in [-0.1, -0.05) is 19.1 Å². The van der Waals surface area contributed by atoms with Crippen LogP contribution in [-0.2, 0) is 0 Å². The number of ether oxygens (including phenoxy) is 1. The zero-order valence-corrected chi connectivity index (χ0v) is 13.9. The molecule has 0 bridgehead atoms. The SMILES string of the molecule is CNC(=O)c1ccc(NC(=O)c2cccc3c2O[C@H](C)[C@H]3C)cc1. The zero-order valence-electron chi connectivity index (χ0n) is 13.9. The standard InChI is InChI=1S/C19H20N2O3/c1-11-12(2)24-17-15(11)5-4-6-16(17)19(23)21-14-9-7-13(8-10-14)18(22)20-3/h4-12H,1-3H3,(H,20,22)(H,21,23)/t11-,12-/m1/s1. The second-order valence-electron chi connectivity index (χ2n) is 5.95. The van der Waals surface area contributed by atoms with Crippen molar-refractivity contribution in [3.8, 4) is 5.75 Å². The van der Waals surface area contributed by atoms with Gasteiger partial charge in [-0.2, -0.15) is 0 Å². The highest BCUT2D eigenvalue weighted by atomic mass is 16.5. The average Bonchev–Trinajstić information content (AvgIpc) is 2.89. The lowest BCUT2D eigenvalue weighted by Gasteiger charge is -2.10. The van der Waals surface area contributed by atoms with Crippen molar-refractivity contribution >= 4 is 17.5 Å². The lowest BCUT2D eigenvalue weighted by Crippen LogP contribution is -2.18. The van der Waals surface area contributed by atoms with Crippen molar-refractivity contribution in [1.82, 2.24) is 5.32 Å². The van der Waals surface area contributed by atoms with Gasteiger partial charge >= 0.3 is 0 Å². The third-order valence-electron chi connectivity index (χ3n) is 4.42. The van der Waals surface area contributed by atoms with E-state index in [-0.39, 0.29) is 23.8 Å². The Bertz CT molecular complexity index is 784. The van der Waals surface area contributed by atoms with Crippen LogP contribution in [0.25, 0.3) is 0 Å². The van der Waals surface area contributed by atoms with Gasteiger partial charge in [0, 0.05) is 29.8 Å². The highest BCUT2D eigenvalue weighted by Crippen LogP contribution is 2.40. The van der Waals surface area contributed by atoms with Crippen molar-refractivity contribution in [2.45, 2.75) is 25.9 Å². The summed E-state index contributed by atoms with van der Waals surface area (Å²) in [5.41, 5.74) is 2.76. The number of hydrogen-bond acceptors (Lipinski definition) is 3. The van der Waals surface area contributed by atoms with Crippen LogP contribution in [0, 0.1) is 0 Å². The van der Waals surface area contributed by atoms with Gasteiger partial charge in [0.15, 0.2) is 0 Å². The Morgan fingerprint density at radius 2 is 1.71 bits per heavy atom. The minimum Gasteiger partial charge on any atom is -0.489 e. The molecule has 5 heteroatoms. The third-order valence-corrected chi connectivity index (χ3v) is 4.42. The molecular formula is C19H20N2O3. The summed E-state index contributed by atoms with van der Waals surface area (Å²) in [5, 5.41) is 5.41. The summed E-state index contributed by atoms with van der Waals surface area (Å²) in [6, 6.07) is 12.4. The minimum atomic E-state index is -0.221. The normalized spacial score (nSPS) is 18.5. The molecule has 24 heavy (non-hydrogen) atoms. The fraction of sp³-hybridized carbons (Fsp3) is 0.263. The fourth-order valence-electron chi connectivity index (χ4n) is 2.81. The first kappa shape index (κ1) is 16.1. The molecule has 2 aromatic rings. The Balaban J connectivity index is 1.81. The molecule has 2 N–H and O–H groups in total. The minimum absolute atomic E-state index is 0.0563. The van der Waals surface area contributed by atoms with Gasteiger partial charge < -0.3 is 15.4 Å². The van der Waals surface area contributed by atoms with Gasteiger partial charge in [0.05, 0.1) is 5.56 Å². The van der Waals surface area contributed by atoms with Crippen LogP contribution in [0.15, 0.2) is 42.5 Å². The quantitative estimate of drug-likeness (QED) is 0.911. The summed E-state index contributed by atoms with van der Waals surface area (Å²) in [6.07, 6.45) is 0.0563. The Labute approximate surface area is 141 Å². The first-order valence-corrected chi connectivity index (χ1v) is 7.94. The second kappa shape index (κ2) is 6.35. The van der Waals surface area contributed by atoms with Crippen molar-refractivity contribution < 1.29 is 14.3 Å². The molecule has 2 aromatic carbocycles. The van der Waals surface area contributed by atoms with E-state index in [1.165, 1.54) is 0 Å². The number of nitrogens with one attached hydrogen (secondary N) is 2. The number of hydrogen-bond donors (Lipinski definition) is 2. The first-order chi connectivity index (χ1) is 11.5. The summed E-state index contributed by atoms with van der Waals surface area (Å²) in [6.45, 7) is 4.10. The molecule has 0 aliphatic carbocycles. The van der Waals surface area contributed by atoms with Crippen molar-refractivity contribution in [1.29, 1.82) is 0 Å². The van der Waals surface area contributed by atoms with Crippen LogP contribution in [-0.4, -0.2) is 25.0 Å². The largest absolute Gasteiger partial charge is 0.489 e. The predicted molar refractivity (Wildman–Crippen MR) is 92.7 cm³/mol. The number of para-hydroxylation sites is 1. The lowest BCUT2D eigenvalue weighted by atomic mass is 9.97. The van der Waals surface area contributed by atoms with E-state index in [4.69, 9.17) is 4.74 Å². The molecule has 124 valence electrons. The summed E-state index contributed by atoms with van der Waals surface area (Å²) in [5.74, 6) is 0.544. The van der Waals surface area contributed by atoms with Crippen molar-refractivity contribution in [2.75, 3.05) is 12.4 Å². The fourth-order valence-corrected chi connectivity index (χ4v) is 2.81. The van der Waals surface area contributed by atoms with E-state index < -0.39 is 0 Å². The van der Waals surface area contributed by atoms with E-state index in [1.54, 1.807) is 37.4 Å². The number of carbonyl (C=O) groups is 2. The molecule has 3 rings (SSSR count). The van der Waals surface area contributed by atoms with Crippen LogP contribution in [0.1, 0.15) is 46.0 Å². The van der Waals surface area contributed by atoms with E-state index in [9.17, 15) is 9.59 Å². The van der Waals surface area contributed by atoms with Crippen LogP contribution < -0.4 is 15.4 Å². The molecule has 0 aromatic heterocycles. The predicted octanol–water partition coefficient (Wildman–Crippen LogP) is 3.18. The molecule has 0 saturated carbocycles. The average molecular weight is 324 g/mol. The molecule has 0 radical (unpaired) electrons. The van der Waals surface area contributed by atoms with Gasteiger partial charge in [0.25, 0.3) is 11.8 Å². The molecular weight excluding hydrogens is 304 g/mol. The Morgan fingerprint density at radius 3 is 2.38 bits per heavy atom. The van der Waals surface area contributed by atoms with E-state index in [1.807, 2.05) is 19.1 Å². The molecule has 2 atom stereocenters. The molecule has 0 saturated heterocycles. The molecule has 0 unspecified atom stereocenters. The lowest BCUT2D eigenvalue weighted by molar-refractivity contribution is 0.0962. The van der Waals surface area contributed by atoms with E-state index >= 15 is 0 Å². The maximum atomic E-state index is 12.6. The number of amides is 2. The highest BCUT2D eigenvalue weighted by Gasteiger charge is 2.31. The van der Waals surface area contributed by atoms with Crippen LogP contribution in [0.4, 0.5) is 5.69 Å². The number of benzene rings is 2. The summed E-state index contributed by atoms with van der Waals surface area (Å²) >= 11 is 0. The van der Waals surface area contributed by atoms with Crippen molar-refractivity contribution in [3.05, 3.63) is 59.2 Å². The maximum absolute atomic E-state index is 12.6. The first-order valence-electron chi connectivity index (χ1n) is 7.94. The Kier molecular flexibility index (Phi) is 4.25. The van der Waals surface area contributed by atoms with Gasteiger partial charge in [0.1, 0.15) is 11.9 Å². The van der Waals surface area contributed by atoms with E-state index in [2.05, 4.69) is 17.6 Å². The van der Waals surface area contributed by atoms with Gasteiger partial charge in [-0.3, -0.25) is 9.59 Å². The monoisotopic (exact) mass is 324 g/mol. The summed E-state index contributed by atoms with van der Waals surface area (Å²) < 4.78 is 5.86. The van der Waals surface area contributed by atoms with Crippen LogP contribution in [0.5, 0.6) is 5.75 Å². The van der Waals surface area contributed by atoms with Gasteiger partial charge in [-0.15, -0.1) is 0 Å². The topological polar surface area (TPSA) is 67.4 Å². The molecule has 1 aliphatic heterocycles. The van der Waals surface area contributed by atoms with Crippen LogP contribution in [0.2, 0.25) is 0 Å². The van der Waals surface area contributed by atoms with E-state index in [0.29, 0.717) is 22.6 Å². The highest BCUT2D eigenvalue weighted by molar-refractivity contribution is 6.07. The van der Waals surface area contributed by atoms with Crippen molar-refractivity contribution in [3.63, 3.8) is 0 Å². The smallest absolute Gasteiger partial charge is 0.259 e. The van der Waals surface area contributed by atoms with Crippen LogP contribution >= 0.6 is 0 Å². The number of carbonyl (C=O) groups excluding carboxylic acids is 2. The molecule has 0 spiro atoms. The van der Waals surface area contributed by atoms with Gasteiger partial charge in [-0.05, 0) is 37.3 Å². The summed E-state index contributed by atoms with van der Waals surface area (Å²) in [7, 11) is 1.58. The Morgan fingerprint density at radius 1 is 1.00 bits per heavy atom. The molecule has 5 nitrogen and oxygen atoms in total. The number of anilines is 1. The Hall–Kier alpha value is -2.82. The zero-order chi connectivity index (χ0) is 17.3. The van der Waals surface area contributed by atoms with Crippen molar-refractivity contribution in [2.24, 2.45) is 0 Å². The third kappa shape index (κ3) is 2.85. The van der Waals surface area contributed by atoms with Gasteiger partial charge in [-0.25, -0.2) is 0 Å². The molecule has 1 heterocycles. The van der Waals surface area contributed by atoms with Gasteiger partial charge in [0.2, 0.25) is 0 Å². The van der Waals surface area contributed by atoms with Crippen LogP contribution in [0.3, 0.4) is 0 Å². The molecule has 0 fully saturated rings. The maximum Gasteiger partial charge on any atom is 0.259 e. The number of fused-ring (bicyclic) bond motifs is 1. The molecule has 2 amide bonds. The summed E-state index contributed by atoms with van der Waals surface area (Å²) in [4.78, 5) is 24.1. The number of rotatable bonds is 3. The second-order valence-corrected chi connectivity index (χ2v) is 5.95.